The summed E-state index contributed by atoms with van der Waals surface area (Å²) in [6.45, 7) is -0.0351. The quantitative estimate of drug-likeness (QED) is 0.288. The van der Waals surface area contributed by atoms with Crippen LogP contribution < -0.4 is 9.47 Å². The molecule has 0 radical (unpaired) electrons. The molecule has 0 heterocycles. The van der Waals surface area contributed by atoms with Crippen LogP contribution in [0, 0.1) is 10.1 Å². The second kappa shape index (κ2) is 9.81. The molecule has 0 aliphatic carbocycles. The lowest BCUT2D eigenvalue weighted by molar-refractivity contribution is -0.763. The lowest BCUT2D eigenvalue weighted by atomic mass is 10.1. The highest BCUT2D eigenvalue weighted by Gasteiger charge is 2.04. The summed E-state index contributed by atoms with van der Waals surface area (Å²) >= 11 is 0. The molecule has 2 aromatic rings. The summed E-state index contributed by atoms with van der Waals surface area (Å²) in [7, 11) is 3.08. The van der Waals surface area contributed by atoms with Gasteiger partial charge < -0.3 is 19.0 Å². The van der Waals surface area contributed by atoms with Gasteiger partial charge in [-0.05, 0) is 34.9 Å². The van der Waals surface area contributed by atoms with Gasteiger partial charge in [-0.2, -0.15) is 0 Å². The minimum Gasteiger partial charge on any atom is -0.493 e. The fourth-order valence-electron chi connectivity index (χ4n) is 2.18. The second-order valence-electron chi connectivity index (χ2n) is 5.37. The van der Waals surface area contributed by atoms with Crippen LogP contribution in [0.5, 0.6) is 11.5 Å². The molecule has 0 aliphatic rings. The Morgan fingerprint density at radius 3 is 2.22 bits per heavy atom. The first kappa shape index (κ1) is 19.8. The number of esters is 1. The monoisotopic (exact) mass is 373 g/mol. The van der Waals surface area contributed by atoms with Crippen LogP contribution >= 0.6 is 0 Å². The van der Waals surface area contributed by atoms with E-state index in [1.165, 1.54) is 13.2 Å². The highest BCUT2D eigenvalue weighted by molar-refractivity contribution is 5.87. The Kier molecular flexibility index (Phi) is 7.18. The Balaban J connectivity index is 1.87. The number of carbonyl (C=O) groups is 1. The van der Waals surface area contributed by atoms with E-state index in [9.17, 15) is 14.9 Å². The molecule has 0 saturated heterocycles. The molecular weight excluding hydrogens is 354 g/mol. The molecule has 0 atom stereocenters. The SMILES string of the molecule is COc1ccc(/C=C/C(=O)OCc2ccc(CO[N+](=O)[O-])cc2)cc1OC. The first-order chi connectivity index (χ1) is 13.0. The van der Waals surface area contributed by atoms with Crippen molar-refractivity contribution in [2.75, 3.05) is 14.2 Å². The van der Waals surface area contributed by atoms with Crippen molar-refractivity contribution >= 4 is 12.0 Å². The average Bonchev–Trinajstić information content (AvgIpc) is 2.69. The van der Waals surface area contributed by atoms with E-state index >= 15 is 0 Å². The van der Waals surface area contributed by atoms with Crippen molar-refractivity contribution in [1.29, 1.82) is 0 Å². The van der Waals surface area contributed by atoms with Crippen LogP contribution in [0.2, 0.25) is 0 Å². The number of rotatable bonds is 9. The van der Waals surface area contributed by atoms with Gasteiger partial charge in [-0.25, -0.2) is 4.79 Å². The van der Waals surface area contributed by atoms with E-state index < -0.39 is 11.1 Å². The van der Waals surface area contributed by atoms with Gasteiger partial charge in [0.2, 0.25) is 0 Å². The summed E-state index contributed by atoms with van der Waals surface area (Å²) in [4.78, 5) is 26.3. The Hall–Kier alpha value is -3.55. The standard InChI is InChI=1S/C19H19NO7/c1-24-17-9-7-14(11-18(17)25-2)8-10-19(21)26-12-15-3-5-16(6-4-15)13-27-20(22)23/h3-11H,12-13H2,1-2H3/b10-8+. The Bertz CT molecular complexity index is 815. The smallest absolute Gasteiger partial charge is 0.331 e. The highest BCUT2D eigenvalue weighted by Crippen LogP contribution is 2.27. The molecule has 27 heavy (non-hydrogen) atoms. The lowest BCUT2D eigenvalue weighted by Gasteiger charge is -2.07. The number of hydrogen-bond donors (Lipinski definition) is 0. The predicted octanol–water partition coefficient (Wildman–Crippen LogP) is 3.17. The highest BCUT2D eigenvalue weighted by atomic mass is 16.9. The third kappa shape index (κ3) is 6.35. The molecule has 0 aliphatic heterocycles. The summed E-state index contributed by atoms with van der Waals surface area (Å²) in [5, 5.41) is 9.31. The number of benzene rings is 2. The van der Waals surface area contributed by atoms with E-state index in [1.807, 2.05) is 0 Å². The van der Waals surface area contributed by atoms with Crippen molar-refractivity contribution in [3.05, 3.63) is 75.3 Å². The van der Waals surface area contributed by atoms with E-state index in [4.69, 9.17) is 14.2 Å². The largest absolute Gasteiger partial charge is 0.493 e. The van der Waals surface area contributed by atoms with E-state index in [1.54, 1.807) is 55.7 Å². The Morgan fingerprint density at radius 2 is 1.63 bits per heavy atom. The average molecular weight is 373 g/mol. The molecule has 0 bridgehead atoms. The normalized spacial score (nSPS) is 10.4. The molecule has 0 spiro atoms. The first-order valence-corrected chi connectivity index (χ1v) is 7.94. The third-order valence-electron chi connectivity index (χ3n) is 3.56. The van der Waals surface area contributed by atoms with Crippen molar-refractivity contribution < 1.29 is 28.9 Å². The molecule has 8 heteroatoms. The van der Waals surface area contributed by atoms with Crippen molar-refractivity contribution in [1.82, 2.24) is 0 Å². The predicted molar refractivity (Wildman–Crippen MR) is 96.6 cm³/mol. The van der Waals surface area contributed by atoms with Gasteiger partial charge in [-0.15, -0.1) is 10.1 Å². The molecule has 0 saturated carbocycles. The van der Waals surface area contributed by atoms with Gasteiger partial charge >= 0.3 is 5.97 Å². The van der Waals surface area contributed by atoms with Crippen molar-refractivity contribution in [3.8, 4) is 11.5 Å². The fraction of sp³-hybridized carbons (Fsp3) is 0.211. The topological polar surface area (TPSA) is 97.1 Å². The van der Waals surface area contributed by atoms with Gasteiger partial charge in [0, 0.05) is 6.08 Å². The van der Waals surface area contributed by atoms with Crippen LogP contribution in [0.1, 0.15) is 16.7 Å². The van der Waals surface area contributed by atoms with Gasteiger partial charge in [-0.3, -0.25) is 0 Å². The maximum absolute atomic E-state index is 11.9. The van der Waals surface area contributed by atoms with E-state index in [0.717, 1.165) is 11.1 Å². The molecule has 8 nitrogen and oxygen atoms in total. The van der Waals surface area contributed by atoms with Crippen molar-refractivity contribution in [2.45, 2.75) is 13.2 Å². The van der Waals surface area contributed by atoms with Crippen LogP contribution in [0.3, 0.4) is 0 Å². The number of nitrogens with zero attached hydrogens (tertiary/aromatic N) is 1. The van der Waals surface area contributed by atoms with Gasteiger partial charge in [0.25, 0.3) is 5.09 Å². The van der Waals surface area contributed by atoms with Crippen LogP contribution in [-0.4, -0.2) is 25.3 Å². The summed E-state index contributed by atoms with van der Waals surface area (Å²) in [6, 6.07) is 12.0. The number of carbonyl (C=O) groups excluding carboxylic acids is 1. The maximum atomic E-state index is 11.9. The summed E-state index contributed by atoms with van der Waals surface area (Å²) < 4.78 is 15.5. The zero-order valence-corrected chi connectivity index (χ0v) is 14.9. The van der Waals surface area contributed by atoms with Crippen LogP contribution in [-0.2, 0) is 27.6 Å². The molecule has 0 fully saturated rings. The van der Waals surface area contributed by atoms with E-state index in [2.05, 4.69) is 4.84 Å². The minimum absolute atomic E-state index is 0.0888. The van der Waals surface area contributed by atoms with Gasteiger partial charge in [0.1, 0.15) is 13.2 Å². The molecule has 2 rings (SSSR count). The Morgan fingerprint density at radius 1 is 1.00 bits per heavy atom. The zero-order chi connectivity index (χ0) is 19.6. The molecule has 0 amide bonds. The van der Waals surface area contributed by atoms with Gasteiger partial charge in [0.15, 0.2) is 11.5 Å². The van der Waals surface area contributed by atoms with Gasteiger partial charge in [0.05, 0.1) is 14.2 Å². The van der Waals surface area contributed by atoms with E-state index in [-0.39, 0.29) is 13.2 Å². The number of methoxy groups -OCH3 is 2. The zero-order valence-electron chi connectivity index (χ0n) is 14.9. The van der Waals surface area contributed by atoms with Crippen molar-refractivity contribution in [2.24, 2.45) is 0 Å². The van der Waals surface area contributed by atoms with Crippen molar-refractivity contribution in [3.63, 3.8) is 0 Å². The van der Waals surface area contributed by atoms with Crippen LogP contribution in [0.15, 0.2) is 48.5 Å². The van der Waals surface area contributed by atoms with E-state index in [0.29, 0.717) is 17.1 Å². The third-order valence-corrected chi connectivity index (χ3v) is 3.56. The summed E-state index contributed by atoms with van der Waals surface area (Å²) in [5.74, 6) is 0.670. The van der Waals surface area contributed by atoms with Gasteiger partial charge in [-0.1, -0.05) is 30.3 Å². The number of hydrogen-bond acceptors (Lipinski definition) is 7. The summed E-state index contributed by atoms with van der Waals surface area (Å²) in [5.41, 5.74) is 2.17. The molecule has 0 aromatic heterocycles. The first-order valence-electron chi connectivity index (χ1n) is 7.94. The Labute approximate surface area is 156 Å². The molecule has 0 N–H and O–H groups in total. The molecule has 2 aromatic carbocycles. The molecule has 0 unspecified atom stereocenters. The molecular formula is C19H19NO7. The lowest BCUT2D eigenvalue weighted by Crippen LogP contribution is -2.02. The number of ether oxygens (including phenoxy) is 3. The summed E-state index contributed by atoms with van der Waals surface area (Å²) in [6.07, 6.45) is 2.93. The van der Waals surface area contributed by atoms with Crippen LogP contribution in [0.25, 0.3) is 6.08 Å². The molecule has 142 valence electrons. The van der Waals surface area contributed by atoms with Crippen LogP contribution in [0.4, 0.5) is 0 Å². The fourth-order valence-corrected chi connectivity index (χ4v) is 2.18. The second-order valence-corrected chi connectivity index (χ2v) is 5.37. The minimum atomic E-state index is -0.847. The maximum Gasteiger partial charge on any atom is 0.331 e.